The summed E-state index contributed by atoms with van der Waals surface area (Å²) in [6.07, 6.45) is 5.47. The van der Waals surface area contributed by atoms with E-state index in [0.717, 1.165) is 23.1 Å². The molecule has 1 N–H and O–H groups in total. The Labute approximate surface area is 166 Å². The van der Waals surface area contributed by atoms with Crippen LogP contribution in [0.25, 0.3) is 0 Å². The number of nitro groups is 1. The van der Waals surface area contributed by atoms with Crippen molar-refractivity contribution in [2.24, 2.45) is 5.92 Å². The molecule has 0 aromatic heterocycles. The maximum absolute atomic E-state index is 11.8. The molecule has 2 aliphatic rings. The first-order valence-electron chi connectivity index (χ1n) is 10.0. The van der Waals surface area contributed by atoms with E-state index in [0.29, 0.717) is 11.6 Å². The molecule has 146 valence electrons. The summed E-state index contributed by atoms with van der Waals surface area (Å²) in [5, 5.41) is 15.4. The van der Waals surface area contributed by atoms with Gasteiger partial charge in [0, 0.05) is 12.0 Å². The molecule has 0 radical (unpaired) electrons. The zero-order valence-electron chi connectivity index (χ0n) is 17.2. The summed E-state index contributed by atoms with van der Waals surface area (Å²) >= 11 is 0. The molecule has 2 aromatic rings. The van der Waals surface area contributed by atoms with Crippen molar-refractivity contribution in [1.29, 1.82) is 0 Å². The first-order chi connectivity index (χ1) is 13.2. The van der Waals surface area contributed by atoms with Crippen molar-refractivity contribution in [2.45, 2.75) is 58.4 Å². The summed E-state index contributed by atoms with van der Waals surface area (Å²) in [6, 6.07) is 10.5. The fourth-order valence-electron chi connectivity index (χ4n) is 4.74. The highest BCUT2D eigenvalue weighted by Gasteiger charge is 2.41. The van der Waals surface area contributed by atoms with Crippen LogP contribution in [0.1, 0.15) is 67.0 Å². The van der Waals surface area contributed by atoms with Crippen molar-refractivity contribution in [3.63, 3.8) is 0 Å². The minimum absolute atomic E-state index is 0.0716. The summed E-state index contributed by atoms with van der Waals surface area (Å²) < 4.78 is 0. The Morgan fingerprint density at radius 2 is 1.82 bits per heavy atom. The average Bonchev–Trinajstić information content (AvgIpc) is 3.12. The molecule has 4 nitrogen and oxygen atoms in total. The van der Waals surface area contributed by atoms with Crippen LogP contribution < -0.4 is 5.32 Å². The minimum atomic E-state index is -0.253. The van der Waals surface area contributed by atoms with Crippen LogP contribution in [0.3, 0.4) is 0 Å². The maximum atomic E-state index is 11.8. The second-order valence-corrected chi connectivity index (χ2v) is 9.23. The maximum Gasteiger partial charge on any atom is 0.292 e. The van der Waals surface area contributed by atoms with Crippen molar-refractivity contribution in [3.8, 4) is 0 Å². The molecule has 2 aromatic carbocycles. The molecule has 28 heavy (non-hydrogen) atoms. The summed E-state index contributed by atoms with van der Waals surface area (Å²) in [6.45, 7) is 10.7. The first kappa shape index (κ1) is 18.7. The Kier molecular flexibility index (Phi) is 4.33. The van der Waals surface area contributed by atoms with Gasteiger partial charge in [0.05, 0.1) is 11.0 Å². The van der Waals surface area contributed by atoms with E-state index >= 15 is 0 Å². The van der Waals surface area contributed by atoms with Crippen LogP contribution in [0.2, 0.25) is 0 Å². The van der Waals surface area contributed by atoms with Crippen molar-refractivity contribution in [2.75, 3.05) is 5.32 Å². The number of nitro benzene ring substituents is 1. The SMILES string of the molecule is Cc1cc([N+](=O)[O-])c2c(c1C)[C@@H]1C=CC[C@H]1[C@@H](c1ccc(C(C)(C)C)cc1)N2. The number of benzene rings is 2. The van der Waals surface area contributed by atoms with Gasteiger partial charge in [-0.05, 0) is 59.4 Å². The summed E-state index contributed by atoms with van der Waals surface area (Å²) in [5.74, 6) is 0.607. The fourth-order valence-corrected chi connectivity index (χ4v) is 4.74. The van der Waals surface area contributed by atoms with Crippen LogP contribution in [0.4, 0.5) is 11.4 Å². The molecule has 0 saturated carbocycles. The molecule has 0 bridgehead atoms. The van der Waals surface area contributed by atoms with E-state index in [1.807, 2.05) is 6.92 Å². The lowest BCUT2D eigenvalue weighted by Crippen LogP contribution is -2.30. The summed E-state index contributed by atoms with van der Waals surface area (Å²) in [7, 11) is 0. The highest BCUT2D eigenvalue weighted by Crippen LogP contribution is 2.53. The van der Waals surface area contributed by atoms with Crippen LogP contribution in [-0.2, 0) is 5.41 Å². The molecule has 0 saturated heterocycles. The standard InChI is InChI=1S/C24H28N2O2/c1-14-13-20(26(27)28)23-21(15(14)2)18-7-6-8-19(18)22(25-23)16-9-11-17(12-10-16)24(3,4)5/h6-7,9-13,18-19,22,25H,8H2,1-5H3/t18-,19-,22-/m1/s1. The van der Waals surface area contributed by atoms with Gasteiger partial charge in [-0.2, -0.15) is 0 Å². The van der Waals surface area contributed by atoms with E-state index in [4.69, 9.17) is 0 Å². The molecule has 0 amide bonds. The van der Waals surface area contributed by atoms with Crippen molar-refractivity contribution >= 4 is 11.4 Å². The number of rotatable bonds is 2. The zero-order chi connectivity index (χ0) is 20.2. The predicted octanol–water partition coefficient (Wildman–Crippen LogP) is 6.34. The van der Waals surface area contributed by atoms with Crippen molar-refractivity contribution < 1.29 is 4.92 Å². The zero-order valence-corrected chi connectivity index (χ0v) is 17.2. The number of aryl methyl sites for hydroxylation is 1. The molecule has 4 heteroatoms. The van der Waals surface area contributed by atoms with E-state index in [2.05, 4.69) is 69.4 Å². The number of nitrogens with one attached hydrogen (secondary N) is 1. The van der Waals surface area contributed by atoms with Gasteiger partial charge >= 0.3 is 0 Å². The molecule has 0 unspecified atom stereocenters. The highest BCUT2D eigenvalue weighted by molar-refractivity contribution is 5.74. The Hall–Kier alpha value is -2.62. The molecule has 0 spiro atoms. The third-order valence-electron chi connectivity index (χ3n) is 6.48. The average molecular weight is 377 g/mol. The molecular formula is C24H28N2O2. The minimum Gasteiger partial charge on any atom is -0.372 e. The quantitative estimate of drug-likeness (QED) is 0.378. The summed E-state index contributed by atoms with van der Waals surface area (Å²) in [4.78, 5) is 11.5. The van der Waals surface area contributed by atoms with Gasteiger partial charge in [-0.3, -0.25) is 10.1 Å². The van der Waals surface area contributed by atoms with Gasteiger partial charge in [0.1, 0.15) is 5.69 Å². The lowest BCUT2D eigenvalue weighted by Gasteiger charge is -2.38. The van der Waals surface area contributed by atoms with Crippen LogP contribution in [0.15, 0.2) is 42.5 Å². The van der Waals surface area contributed by atoms with Gasteiger partial charge in [-0.25, -0.2) is 0 Å². The number of allylic oxidation sites excluding steroid dienone is 2. The van der Waals surface area contributed by atoms with Crippen LogP contribution in [0, 0.1) is 29.9 Å². The molecule has 1 aliphatic heterocycles. The lowest BCUT2D eigenvalue weighted by molar-refractivity contribution is -0.384. The van der Waals surface area contributed by atoms with Gasteiger partial charge in [0.2, 0.25) is 0 Å². The van der Waals surface area contributed by atoms with Crippen LogP contribution in [0.5, 0.6) is 0 Å². The molecule has 3 atom stereocenters. The van der Waals surface area contributed by atoms with E-state index < -0.39 is 0 Å². The highest BCUT2D eigenvalue weighted by atomic mass is 16.6. The Morgan fingerprint density at radius 1 is 1.14 bits per heavy atom. The summed E-state index contributed by atoms with van der Waals surface area (Å²) in [5.41, 5.74) is 6.74. The van der Waals surface area contributed by atoms with Gasteiger partial charge in [-0.1, -0.05) is 57.2 Å². The molecule has 0 fully saturated rings. The first-order valence-corrected chi connectivity index (χ1v) is 10.0. The Morgan fingerprint density at radius 3 is 2.43 bits per heavy atom. The molecule has 1 aliphatic carbocycles. The van der Waals surface area contributed by atoms with Gasteiger partial charge in [0.25, 0.3) is 5.69 Å². The van der Waals surface area contributed by atoms with E-state index in [-0.39, 0.29) is 28.0 Å². The third kappa shape index (κ3) is 2.92. The normalized spacial score (nSPS) is 23.1. The number of nitrogens with zero attached hydrogens (tertiary/aromatic N) is 1. The van der Waals surface area contributed by atoms with E-state index in [1.54, 1.807) is 6.07 Å². The number of hydrogen-bond acceptors (Lipinski definition) is 3. The molecule has 1 heterocycles. The van der Waals surface area contributed by atoms with Crippen molar-refractivity contribution in [1.82, 2.24) is 0 Å². The Balaban J connectivity index is 1.82. The van der Waals surface area contributed by atoms with Gasteiger partial charge < -0.3 is 5.32 Å². The lowest BCUT2D eigenvalue weighted by atomic mass is 9.74. The fraction of sp³-hybridized carbons (Fsp3) is 0.417. The number of fused-ring (bicyclic) bond motifs is 3. The van der Waals surface area contributed by atoms with Gasteiger partial charge in [0.15, 0.2) is 0 Å². The van der Waals surface area contributed by atoms with Crippen LogP contribution >= 0.6 is 0 Å². The largest absolute Gasteiger partial charge is 0.372 e. The topological polar surface area (TPSA) is 55.2 Å². The second kappa shape index (κ2) is 6.47. The Bertz CT molecular complexity index is 968. The van der Waals surface area contributed by atoms with E-state index in [1.165, 1.54) is 11.1 Å². The van der Waals surface area contributed by atoms with Crippen molar-refractivity contribution in [3.05, 3.63) is 80.4 Å². The monoisotopic (exact) mass is 376 g/mol. The smallest absolute Gasteiger partial charge is 0.292 e. The molecular weight excluding hydrogens is 348 g/mol. The van der Waals surface area contributed by atoms with Gasteiger partial charge in [-0.15, -0.1) is 0 Å². The predicted molar refractivity (Wildman–Crippen MR) is 114 cm³/mol. The third-order valence-corrected chi connectivity index (χ3v) is 6.48. The molecule has 4 rings (SSSR count). The van der Waals surface area contributed by atoms with Crippen LogP contribution in [-0.4, -0.2) is 4.92 Å². The number of hydrogen-bond donors (Lipinski definition) is 1. The second-order valence-electron chi connectivity index (χ2n) is 9.23. The number of anilines is 1. The van der Waals surface area contributed by atoms with E-state index in [9.17, 15) is 10.1 Å².